The van der Waals surface area contributed by atoms with Gasteiger partial charge >= 0.3 is 0 Å². The molecular weight excluding hydrogens is 246 g/mol. The van der Waals surface area contributed by atoms with Crippen LogP contribution in [0.5, 0.6) is 0 Å². The summed E-state index contributed by atoms with van der Waals surface area (Å²) >= 11 is 1.48. The van der Waals surface area contributed by atoms with E-state index in [1.165, 1.54) is 11.3 Å². The number of rotatable bonds is 3. The van der Waals surface area contributed by atoms with Gasteiger partial charge in [-0.15, -0.1) is 0 Å². The van der Waals surface area contributed by atoms with E-state index in [0.717, 1.165) is 23.1 Å². The SMILES string of the molecule is CC(N)(C(=O)Nc1nc2ccccc2s1)C1CC1. The summed E-state index contributed by atoms with van der Waals surface area (Å²) in [5, 5.41) is 3.46. The Bertz CT molecular complexity index is 568. The molecule has 0 aliphatic heterocycles. The van der Waals surface area contributed by atoms with Gasteiger partial charge in [0, 0.05) is 0 Å². The molecule has 0 bridgehead atoms. The van der Waals surface area contributed by atoms with Gasteiger partial charge in [0.05, 0.1) is 15.8 Å². The molecule has 5 heteroatoms. The molecule has 1 aromatic carbocycles. The van der Waals surface area contributed by atoms with Crippen molar-refractivity contribution in [2.75, 3.05) is 5.32 Å². The van der Waals surface area contributed by atoms with Crippen LogP contribution in [0, 0.1) is 5.92 Å². The summed E-state index contributed by atoms with van der Waals surface area (Å²) in [5.41, 5.74) is 6.20. The number of nitrogens with two attached hydrogens (primary N) is 1. The number of carbonyl (C=O) groups excluding carboxylic acids is 1. The monoisotopic (exact) mass is 261 g/mol. The van der Waals surface area contributed by atoms with Crippen molar-refractivity contribution in [2.24, 2.45) is 11.7 Å². The number of nitrogens with zero attached hydrogens (tertiary/aromatic N) is 1. The second-order valence-electron chi connectivity index (χ2n) is 5.00. The van der Waals surface area contributed by atoms with Gasteiger partial charge in [-0.1, -0.05) is 23.5 Å². The summed E-state index contributed by atoms with van der Waals surface area (Å²) in [6, 6.07) is 7.82. The van der Waals surface area contributed by atoms with Gasteiger partial charge in [0.25, 0.3) is 0 Å². The molecule has 2 aromatic rings. The zero-order valence-electron chi connectivity index (χ0n) is 10.1. The summed E-state index contributed by atoms with van der Waals surface area (Å²) in [5.74, 6) is 0.177. The molecule has 0 spiro atoms. The maximum Gasteiger partial charge on any atom is 0.246 e. The summed E-state index contributed by atoms with van der Waals surface area (Å²) in [7, 11) is 0. The predicted molar refractivity (Wildman–Crippen MR) is 73.6 cm³/mol. The van der Waals surface area contributed by atoms with Crippen molar-refractivity contribution in [1.82, 2.24) is 4.98 Å². The van der Waals surface area contributed by atoms with E-state index < -0.39 is 5.54 Å². The fourth-order valence-corrected chi connectivity index (χ4v) is 2.89. The first-order valence-corrected chi connectivity index (χ1v) is 6.85. The minimum absolute atomic E-state index is 0.135. The Balaban J connectivity index is 1.81. The van der Waals surface area contributed by atoms with Crippen LogP contribution in [0.15, 0.2) is 24.3 Å². The molecule has 1 aliphatic carbocycles. The molecule has 3 N–H and O–H groups in total. The summed E-state index contributed by atoms with van der Waals surface area (Å²) in [6.07, 6.45) is 2.08. The van der Waals surface area contributed by atoms with E-state index in [9.17, 15) is 4.79 Å². The summed E-state index contributed by atoms with van der Waals surface area (Å²) in [4.78, 5) is 16.5. The van der Waals surface area contributed by atoms with Crippen molar-refractivity contribution < 1.29 is 4.79 Å². The molecule has 4 nitrogen and oxygen atoms in total. The first kappa shape index (κ1) is 11.6. The largest absolute Gasteiger partial charge is 0.317 e. The molecule has 1 aliphatic rings. The molecule has 1 aromatic heterocycles. The Morgan fingerprint density at radius 2 is 2.22 bits per heavy atom. The van der Waals surface area contributed by atoms with Gasteiger partial charge in [0.1, 0.15) is 0 Å². The number of fused-ring (bicyclic) bond motifs is 1. The highest BCUT2D eigenvalue weighted by molar-refractivity contribution is 7.22. The Hall–Kier alpha value is -1.46. The quantitative estimate of drug-likeness (QED) is 0.891. The highest BCUT2D eigenvalue weighted by atomic mass is 32.1. The molecule has 0 saturated heterocycles. The number of benzene rings is 1. The number of para-hydroxylation sites is 1. The van der Waals surface area contributed by atoms with Crippen molar-refractivity contribution in [2.45, 2.75) is 25.3 Å². The van der Waals surface area contributed by atoms with Gasteiger partial charge < -0.3 is 11.1 Å². The third kappa shape index (κ3) is 2.00. The fraction of sp³-hybridized carbons (Fsp3) is 0.385. The Morgan fingerprint density at radius 3 is 2.89 bits per heavy atom. The molecule has 1 saturated carbocycles. The molecule has 18 heavy (non-hydrogen) atoms. The number of hydrogen-bond acceptors (Lipinski definition) is 4. The molecule has 1 fully saturated rings. The van der Waals surface area contributed by atoms with Gasteiger partial charge in [-0.05, 0) is 37.8 Å². The van der Waals surface area contributed by atoms with Gasteiger partial charge in [-0.3, -0.25) is 4.79 Å². The molecule has 94 valence electrons. The number of aromatic nitrogens is 1. The van der Waals surface area contributed by atoms with Crippen LogP contribution >= 0.6 is 11.3 Å². The standard InChI is InChI=1S/C13H15N3OS/c1-13(14,8-6-7-8)11(17)16-12-15-9-4-2-3-5-10(9)18-12/h2-5,8H,6-7,14H2,1H3,(H,15,16,17). The second-order valence-corrected chi connectivity index (χ2v) is 6.03. The molecular formula is C13H15N3OS. The zero-order chi connectivity index (χ0) is 12.8. The highest BCUT2D eigenvalue weighted by Gasteiger charge is 2.44. The first-order valence-electron chi connectivity index (χ1n) is 6.03. The highest BCUT2D eigenvalue weighted by Crippen LogP contribution is 2.38. The van der Waals surface area contributed by atoms with Crippen molar-refractivity contribution in [1.29, 1.82) is 0 Å². The average Bonchev–Trinajstić information content (AvgIpc) is 3.10. The van der Waals surface area contributed by atoms with Crippen molar-refractivity contribution in [3.8, 4) is 0 Å². The van der Waals surface area contributed by atoms with E-state index in [2.05, 4.69) is 10.3 Å². The van der Waals surface area contributed by atoms with Crippen LogP contribution < -0.4 is 11.1 Å². The van der Waals surface area contributed by atoms with E-state index in [4.69, 9.17) is 5.73 Å². The topological polar surface area (TPSA) is 68.0 Å². The van der Waals surface area contributed by atoms with E-state index in [1.807, 2.05) is 24.3 Å². The lowest BCUT2D eigenvalue weighted by Crippen LogP contribution is -2.50. The lowest BCUT2D eigenvalue weighted by molar-refractivity contribution is -0.121. The molecule has 1 amide bonds. The molecule has 3 rings (SSSR count). The smallest absolute Gasteiger partial charge is 0.246 e. The normalized spacial score (nSPS) is 18.6. The Labute approximate surface area is 109 Å². The maximum absolute atomic E-state index is 12.1. The van der Waals surface area contributed by atoms with Gasteiger partial charge in [0.15, 0.2) is 5.13 Å². The van der Waals surface area contributed by atoms with E-state index >= 15 is 0 Å². The average molecular weight is 261 g/mol. The summed E-state index contributed by atoms with van der Waals surface area (Å²) < 4.78 is 1.07. The second kappa shape index (κ2) is 4.03. The van der Waals surface area contributed by atoms with Crippen molar-refractivity contribution >= 4 is 32.6 Å². The maximum atomic E-state index is 12.1. The number of carbonyl (C=O) groups is 1. The van der Waals surface area contributed by atoms with Gasteiger partial charge in [-0.2, -0.15) is 0 Å². The number of amides is 1. The van der Waals surface area contributed by atoms with E-state index in [1.54, 1.807) is 6.92 Å². The Kier molecular flexibility index (Phi) is 2.60. The van der Waals surface area contributed by atoms with E-state index in [0.29, 0.717) is 11.0 Å². The van der Waals surface area contributed by atoms with Gasteiger partial charge in [0.2, 0.25) is 5.91 Å². The van der Waals surface area contributed by atoms with Gasteiger partial charge in [-0.25, -0.2) is 4.98 Å². The van der Waals surface area contributed by atoms with Crippen LogP contribution in [0.2, 0.25) is 0 Å². The number of anilines is 1. The van der Waals surface area contributed by atoms with Crippen LogP contribution in [-0.4, -0.2) is 16.4 Å². The molecule has 0 radical (unpaired) electrons. The van der Waals surface area contributed by atoms with Crippen LogP contribution in [-0.2, 0) is 4.79 Å². The van der Waals surface area contributed by atoms with Crippen LogP contribution in [0.1, 0.15) is 19.8 Å². The first-order chi connectivity index (χ1) is 8.57. The number of hydrogen-bond donors (Lipinski definition) is 2. The third-order valence-electron chi connectivity index (χ3n) is 3.43. The predicted octanol–water partition coefficient (Wildman–Crippen LogP) is 2.36. The minimum Gasteiger partial charge on any atom is -0.317 e. The lowest BCUT2D eigenvalue weighted by atomic mass is 9.96. The fourth-order valence-electron chi connectivity index (χ4n) is 2.03. The van der Waals surface area contributed by atoms with Crippen LogP contribution in [0.3, 0.4) is 0 Å². The number of thiazole rings is 1. The van der Waals surface area contributed by atoms with Crippen LogP contribution in [0.25, 0.3) is 10.2 Å². The van der Waals surface area contributed by atoms with Crippen molar-refractivity contribution in [3.63, 3.8) is 0 Å². The molecule has 1 unspecified atom stereocenters. The van der Waals surface area contributed by atoms with E-state index in [-0.39, 0.29) is 5.91 Å². The molecule has 1 heterocycles. The minimum atomic E-state index is -0.780. The van der Waals surface area contributed by atoms with Crippen LogP contribution in [0.4, 0.5) is 5.13 Å². The zero-order valence-corrected chi connectivity index (χ0v) is 11.0. The summed E-state index contributed by atoms with van der Waals surface area (Å²) in [6.45, 7) is 1.80. The molecule has 1 atom stereocenters. The number of nitrogens with one attached hydrogen (secondary N) is 1. The van der Waals surface area contributed by atoms with Crippen molar-refractivity contribution in [3.05, 3.63) is 24.3 Å². The third-order valence-corrected chi connectivity index (χ3v) is 4.38. The lowest BCUT2D eigenvalue weighted by Gasteiger charge is -2.22. The Morgan fingerprint density at radius 1 is 1.50 bits per heavy atom.